The van der Waals surface area contributed by atoms with E-state index in [-0.39, 0.29) is 12.1 Å². The van der Waals surface area contributed by atoms with Crippen molar-refractivity contribution >= 4 is 0 Å². The van der Waals surface area contributed by atoms with Gasteiger partial charge in [-0.25, -0.2) is 0 Å². The first-order chi connectivity index (χ1) is 7.97. The van der Waals surface area contributed by atoms with Crippen molar-refractivity contribution in [1.29, 1.82) is 0 Å². The molecule has 1 N–H and O–H groups in total. The molecule has 1 aromatic rings. The molecule has 1 fully saturated rings. The standard InChI is InChI=1S/C11H13F3N2O/c1-7-4-15-10(6-17-7)9-3-2-8(5-16-9)11(12,13)14/h2-3,5,7,10,15H,4,6H2,1H3/t7-,10?/m0/s1. The molecule has 3 nitrogen and oxygen atoms in total. The summed E-state index contributed by atoms with van der Waals surface area (Å²) in [7, 11) is 0. The van der Waals surface area contributed by atoms with Crippen LogP contribution in [0.3, 0.4) is 0 Å². The van der Waals surface area contributed by atoms with E-state index >= 15 is 0 Å². The first-order valence-corrected chi connectivity index (χ1v) is 5.35. The average molecular weight is 246 g/mol. The van der Waals surface area contributed by atoms with Crippen LogP contribution in [0.2, 0.25) is 0 Å². The van der Waals surface area contributed by atoms with Crippen LogP contribution in [0.15, 0.2) is 18.3 Å². The summed E-state index contributed by atoms with van der Waals surface area (Å²) >= 11 is 0. The molecule has 0 spiro atoms. The van der Waals surface area contributed by atoms with Crippen LogP contribution in [-0.2, 0) is 10.9 Å². The SMILES string of the molecule is C[C@H]1CNC(c2ccc(C(F)(F)F)cn2)CO1. The third-order valence-electron chi connectivity index (χ3n) is 2.67. The Morgan fingerprint density at radius 2 is 2.18 bits per heavy atom. The van der Waals surface area contributed by atoms with Gasteiger partial charge >= 0.3 is 6.18 Å². The number of pyridine rings is 1. The van der Waals surface area contributed by atoms with Crippen LogP contribution in [0.5, 0.6) is 0 Å². The van der Waals surface area contributed by atoms with Crippen LogP contribution in [0, 0.1) is 0 Å². The molecule has 2 heterocycles. The monoisotopic (exact) mass is 246 g/mol. The number of morpholine rings is 1. The maximum absolute atomic E-state index is 12.3. The van der Waals surface area contributed by atoms with Gasteiger partial charge in [-0.05, 0) is 19.1 Å². The summed E-state index contributed by atoms with van der Waals surface area (Å²) in [5, 5.41) is 3.17. The fourth-order valence-electron chi connectivity index (χ4n) is 1.66. The highest BCUT2D eigenvalue weighted by atomic mass is 19.4. The lowest BCUT2D eigenvalue weighted by Gasteiger charge is -2.28. The molecule has 0 bridgehead atoms. The normalized spacial score (nSPS) is 25.9. The average Bonchev–Trinajstić information content (AvgIpc) is 2.29. The van der Waals surface area contributed by atoms with Crippen molar-refractivity contribution in [2.24, 2.45) is 0 Å². The highest BCUT2D eigenvalue weighted by Crippen LogP contribution is 2.29. The van der Waals surface area contributed by atoms with Gasteiger partial charge in [0.1, 0.15) is 0 Å². The van der Waals surface area contributed by atoms with Gasteiger partial charge in [-0.3, -0.25) is 4.98 Å². The molecule has 1 aliphatic heterocycles. The molecule has 0 amide bonds. The molecule has 1 aliphatic rings. The summed E-state index contributed by atoms with van der Waals surface area (Å²) in [5.41, 5.74) is -0.156. The summed E-state index contributed by atoms with van der Waals surface area (Å²) in [5.74, 6) is 0. The molecule has 1 unspecified atom stereocenters. The maximum Gasteiger partial charge on any atom is 0.417 e. The number of aromatic nitrogens is 1. The van der Waals surface area contributed by atoms with Crippen LogP contribution < -0.4 is 5.32 Å². The molecule has 17 heavy (non-hydrogen) atoms. The third kappa shape index (κ3) is 2.95. The summed E-state index contributed by atoms with van der Waals surface area (Å²) in [6, 6.07) is 2.30. The highest BCUT2D eigenvalue weighted by molar-refractivity contribution is 5.19. The van der Waals surface area contributed by atoms with E-state index < -0.39 is 11.7 Å². The quantitative estimate of drug-likeness (QED) is 0.824. The Labute approximate surface area is 97.0 Å². The van der Waals surface area contributed by atoms with Gasteiger partial charge in [0.2, 0.25) is 0 Å². The zero-order chi connectivity index (χ0) is 12.5. The minimum atomic E-state index is -4.34. The van der Waals surface area contributed by atoms with Crippen molar-refractivity contribution in [2.75, 3.05) is 13.2 Å². The van der Waals surface area contributed by atoms with Crippen molar-refractivity contribution in [3.05, 3.63) is 29.6 Å². The van der Waals surface area contributed by atoms with Gasteiger partial charge in [0, 0.05) is 12.7 Å². The van der Waals surface area contributed by atoms with Crippen LogP contribution in [0.25, 0.3) is 0 Å². The van der Waals surface area contributed by atoms with E-state index in [9.17, 15) is 13.2 Å². The van der Waals surface area contributed by atoms with Crippen LogP contribution in [-0.4, -0.2) is 24.2 Å². The number of hydrogen-bond donors (Lipinski definition) is 1. The van der Waals surface area contributed by atoms with E-state index in [2.05, 4.69) is 10.3 Å². The Hall–Kier alpha value is -1.14. The van der Waals surface area contributed by atoms with Crippen LogP contribution >= 0.6 is 0 Å². The zero-order valence-corrected chi connectivity index (χ0v) is 9.29. The van der Waals surface area contributed by atoms with Crippen LogP contribution in [0.1, 0.15) is 24.2 Å². The smallest absolute Gasteiger partial charge is 0.375 e. The number of rotatable bonds is 1. The first-order valence-electron chi connectivity index (χ1n) is 5.35. The Balaban J connectivity index is 2.08. The molecule has 0 saturated carbocycles. The highest BCUT2D eigenvalue weighted by Gasteiger charge is 2.31. The Kier molecular flexibility index (Phi) is 3.35. The second-order valence-corrected chi connectivity index (χ2v) is 4.07. The zero-order valence-electron chi connectivity index (χ0n) is 9.29. The molecule has 1 saturated heterocycles. The van der Waals surface area contributed by atoms with Gasteiger partial charge in [0.05, 0.1) is 30.0 Å². The molecular weight excluding hydrogens is 233 g/mol. The third-order valence-corrected chi connectivity index (χ3v) is 2.67. The van der Waals surface area contributed by atoms with E-state index in [1.54, 1.807) is 0 Å². The van der Waals surface area contributed by atoms with E-state index in [1.165, 1.54) is 6.07 Å². The van der Waals surface area contributed by atoms with Gasteiger partial charge in [0.15, 0.2) is 0 Å². The molecule has 0 radical (unpaired) electrons. The maximum atomic E-state index is 12.3. The van der Waals surface area contributed by atoms with E-state index in [1.807, 2.05) is 6.92 Å². The van der Waals surface area contributed by atoms with Crippen molar-refractivity contribution in [1.82, 2.24) is 10.3 Å². The van der Waals surface area contributed by atoms with Crippen molar-refractivity contribution in [2.45, 2.75) is 25.2 Å². The molecule has 94 valence electrons. The number of nitrogens with zero attached hydrogens (tertiary/aromatic N) is 1. The molecule has 1 aromatic heterocycles. The van der Waals surface area contributed by atoms with Crippen molar-refractivity contribution in [3.63, 3.8) is 0 Å². The second-order valence-electron chi connectivity index (χ2n) is 4.07. The Bertz CT molecular complexity index is 369. The van der Waals surface area contributed by atoms with E-state index in [0.29, 0.717) is 18.8 Å². The van der Waals surface area contributed by atoms with Crippen molar-refractivity contribution in [3.8, 4) is 0 Å². The molecule has 0 aromatic carbocycles. The van der Waals surface area contributed by atoms with Crippen molar-refractivity contribution < 1.29 is 17.9 Å². The number of ether oxygens (including phenoxy) is 1. The lowest BCUT2D eigenvalue weighted by atomic mass is 10.1. The Morgan fingerprint density at radius 1 is 1.41 bits per heavy atom. The fourth-order valence-corrected chi connectivity index (χ4v) is 1.66. The minimum Gasteiger partial charge on any atom is -0.375 e. The minimum absolute atomic E-state index is 0.126. The second kappa shape index (κ2) is 4.62. The molecular formula is C11H13F3N2O. The number of nitrogens with one attached hydrogen (secondary N) is 1. The van der Waals surface area contributed by atoms with Gasteiger partial charge < -0.3 is 10.1 Å². The van der Waals surface area contributed by atoms with E-state index in [4.69, 9.17) is 4.74 Å². The first kappa shape index (κ1) is 12.3. The number of halogens is 3. The summed E-state index contributed by atoms with van der Waals surface area (Å²) in [6.07, 6.45) is -3.35. The molecule has 2 atom stereocenters. The van der Waals surface area contributed by atoms with E-state index in [0.717, 1.165) is 12.3 Å². The van der Waals surface area contributed by atoms with Crippen LogP contribution in [0.4, 0.5) is 13.2 Å². The largest absolute Gasteiger partial charge is 0.417 e. The lowest BCUT2D eigenvalue weighted by molar-refractivity contribution is -0.137. The van der Waals surface area contributed by atoms with Gasteiger partial charge in [-0.15, -0.1) is 0 Å². The topological polar surface area (TPSA) is 34.2 Å². The van der Waals surface area contributed by atoms with Gasteiger partial charge in [-0.2, -0.15) is 13.2 Å². The predicted molar refractivity (Wildman–Crippen MR) is 55.4 cm³/mol. The molecule has 0 aliphatic carbocycles. The molecule has 2 rings (SSSR count). The number of hydrogen-bond acceptors (Lipinski definition) is 3. The summed E-state index contributed by atoms with van der Waals surface area (Å²) < 4.78 is 42.4. The van der Waals surface area contributed by atoms with Gasteiger partial charge in [-0.1, -0.05) is 0 Å². The number of alkyl halides is 3. The lowest BCUT2D eigenvalue weighted by Crippen LogP contribution is -2.40. The Morgan fingerprint density at radius 3 is 2.65 bits per heavy atom. The summed E-state index contributed by atoms with van der Waals surface area (Å²) in [6.45, 7) is 3.04. The fraction of sp³-hybridized carbons (Fsp3) is 0.545. The van der Waals surface area contributed by atoms with Gasteiger partial charge in [0.25, 0.3) is 0 Å². The molecule has 6 heteroatoms. The predicted octanol–water partition coefficient (Wildman–Crippen LogP) is 2.15. The summed E-state index contributed by atoms with van der Waals surface area (Å²) in [4.78, 5) is 3.83.